The molecule has 0 amide bonds. The number of carboxylic acid groups (broad SMARTS) is 2. The Kier molecular flexibility index (Phi) is 4.03. The molecule has 6 heteroatoms. The molecule has 82 valence electrons. The summed E-state index contributed by atoms with van der Waals surface area (Å²) in [7, 11) is 0. The Balaban J connectivity index is 4.89. The first kappa shape index (κ1) is 12.9. The van der Waals surface area contributed by atoms with E-state index < -0.39 is 29.6 Å². The van der Waals surface area contributed by atoms with Gasteiger partial charge in [0.15, 0.2) is 0 Å². The highest BCUT2D eigenvalue weighted by molar-refractivity contribution is 5.77. The van der Waals surface area contributed by atoms with Crippen LogP contribution in [0.3, 0.4) is 0 Å². The van der Waals surface area contributed by atoms with Gasteiger partial charge in [0.2, 0.25) is 0 Å². The number of rotatable bonds is 5. The highest BCUT2D eigenvalue weighted by Gasteiger charge is 2.46. The largest absolute Gasteiger partial charge is 0.481 e. The molecule has 0 heterocycles. The topological polar surface area (TPSA) is 115 Å². The molecule has 6 nitrogen and oxygen atoms in total. The first-order valence-corrected chi connectivity index (χ1v) is 4.16. The average molecular weight is 206 g/mol. The number of hydrogen-bond acceptors (Lipinski definition) is 4. The van der Waals surface area contributed by atoms with E-state index in [-0.39, 0.29) is 6.42 Å². The molecule has 0 bridgehead atoms. The van der Waals surface area contributed by atoms with Gasteiger partial charge in [-0.15, -0.1) is 0 Å². The Hall–Kier alpha value is -1.14. The van der Waals surface area contributed by atoms with Crippen LogP contribution in [0.1, 0.15) is 20.3 Å². The molecule has 4 N–H and O–H groups in total. The second-order valence-electron chi connectivity index (χ2n) is 3.17. The number of aliphatic hydroxyl groups is 2. The molecule has 0 aromatic heterocycles. The van der Waals surface area contributed by atoms with Gasteiger partial charge in [0, 0.05) is 5.92 Å². The number of carboxylic acids is 2. The van der Waals surface area contributed by atoms with Crippen molar-refractivity contribution in [1.29, 1.82) is 0 Å². The van der Waals surface area contributed by atoms with Gasteiger partial charge in [-0.2, -0.15) is 0 Å². The second-order valence-corrected chi connectivity index (χ2v) is 3.17. The van der Waals surface area contributed by atoms with E-state index in [9.17, 15) is 9.59 Å². The molecule has 0 aromatic carbocycles. The Morgan fingerprint density at radius 1 is 1.29 bits per heavy atom. The van der Waals surface area contributed by atoms with Crippen molar-refractivity contribution in [2.75, 3.05) is 0 Å². The predicted molar refractivity (Wildman–Crippen MR) is 45.4 cm³/mol. The van der Waals surface area contributed by atoms with Gasteiger partial charge in [0.25, 0.3) is 5.79 Å². The highest BCUT2D eigenvalue weighted by Crippen LogP contribution is 2.26. The molecule has 2 unspecified atom stereocenters. The van der Waals surface area contributed by atoms with E-state index >= 15 is 0 Å². The summed E-state index contributed by atoms with van der Waals surface area (Å²) in [6.07, 6.45) is 0.0484. The third-order valence-electron chi connectivity index (χ3n) is 2.26. The minimum atomic E-state index is -2.99. The zero-order valence-corrected chi connectivity index (χ0v) is 7.97. The van der Waals surface area contributed by atoms with Crippen LogP contribution in [0.25, 0.3) is 0 Å². The van der Waals surface area contributed by atoms with Crippen molar-refractivity contribution in [2.45, 2.75) is 26.1 Å². The van der Waals surface area contributed by atoms with Crippen LogP contribution in [0.15, 0.2) is 0 Å². The molecule has 0 aromatic rings. The van der Waals surface area contributed by atoms with Crippen molar-refractivity contribution >= 4 is 11.9 Å². The molecule has 14 heavy (non-hydrogen) atoms. The smallest absolute Gasteiger partial charge is 0.364 e. The van der Waals surface area contributed by atoms with Crippen LogP contribution in [0.5, 0.6) is 0 Å². The average Bonchev–Trinajstić information content (AvgIpc) is 2.04. The SMILES string of the molecule is CCC(C(C)C(=O)O)C(O)(O)C(=O)O. The molecular formula is C8H14O6. The molecule has 0 aliphatic rings. The van der Waals surface area contributed by atoms with Crippen molar-refractivity contribution in [2.24, 2.45) is 11.8 Å². The zero-order valence-electron chi connectivity index (χ0n) is 7.97. The van der Waals surface area contributed by atoms with E-state index in [2.05, 4.69) is 0 Å². The summed E-state index contributed by atoms with van der Waals surface area (Å²) in [6.45, 7) is 2.73. The van der Waals surface area contributed by atoms with Crippen molar-refractivity contribution in [3.63, 3.8) is 0 Å². The molecule has 0 saturated heterocycles. The Labute approximate surface area is 80.8 Å². The summed E-state index contributed by atoms with van der Waals surface area (Å²) in [4.78, 5) is 21.0. The van der Waals surface area contributed by atoms with Gasteiger partial charge >= 0.3 is 11.9 Å². The second kappa shape index (κ2) is 4.39. The van der Waals surface area contributed by atoms with Gasteiger partial charge in [-0.3, -0.25) is 4.79 Å². The molecule has 0 spiro atoms. The minimum Gasteiger partial charge on any atom is -0.481 e. The fraction of sp³-hybridized carbons (Fsp3) is 0.750. The molecule has 0 rings (SSSR count). The van der Waals surface area contributed by atoms with E-state index in [1.807, 2.05) is 0 Å². The molecular weight excluding hydrogens is 192 g/mol. The molecule has 0 aliphatic heterocycles. The molecule has 2 atom stereocenters. The van der Waals surface area contributed by atoms with E-state index in [1.165, 1.54) is 13.8 Å². The minimum absolute atomic E-state index is 0.0484. The lowest BCUT2D eigenvalue weighted by Gasteiger charge is -2.29. The van der Waals surface area contributed by atoms with Crippen LogP contribution < -0.4 is 0 Å². The van der Waals surface area contributed by atoms with Crippen LogP contribution in [0.2, 0.25) is 0 Å². The number of carbonyl (C=O) groups is 2. The fourth-order valence-electron chi connectivity index (χ4n) is 1.32. The maximum Gasteiger partial charge on any atom is 0.364 e. The van der Waals surface area contributed by atoms with Gasteiger partial charge in [-0.05, 0) is 6.42 Å². The van der Waals surface area contributed by atoms with E-state index in [1.54, 1.807) is 0 Å². The Morgan fingerprint density at radius 2 is 1.71 bits per heavy atom. The maximum absolute atomic E-state index is 10.6. The van der Waals surface area contributed by atoms with Crippen molar-refractivity contribution < 1.29 is 30.0 Å². The van der Waals surface area contributed by atoms with E-state index in [0.29, 0.717) is 0 Å². The summed E-state index contributed by atoms with van der Waals surface area (Å²) in [5.41, 5.74) is 0. The lowest BCUT2D eigenvalue weighted by molar-refractivity contribution is -0.230. The van der Waals surface area contributed by atoms with Gasteiger partial charge in [0.05, 0.1) is 5.92 Å². The Bertz CT molecular complexity index is 234. The van der Waals surface area contributed by atoms with Gasteiger partial charge < -0.3 is 20.4 Å². The number of hydrogen-bond donors (Lipinski definition) is 4. The predicted octanol–water partition coefficient (Wildman–Crippen LogP) is -0.501. The third kappa shape index (κ3) is 2.43. The van der Waals surface area contributed by atoms with Crippen molar-refractivity contribution in [1.82, 2.24) is 0 Å². The maximum atomic E-state index is 10.6. The lowest BCUT2D eigenvalue weighted by atomic mass is 9.84. The normalized spacial score (nSPS) is 16.0. The van der Waals surface area contributed by atoms with Crippen LogP contribution in [0, 0.1) is 11.8 Å². The summed E-state index contributed by atoms with van der Waals surface area (Å²) >= 11 is 0. The van der Waals surface area contributed by atoms with Crippen LogP contribution in [0.4, 0.5) is 0 Å². The summed E-state index contributed by atoms with van der Waals surface area (Å²) in [5, 5.41) is 35.4. The van der Waals surface area contributed by atoms with Crippen molar-refractivity contribution in [3.8, 4) is 0 Å². The first-order valence-electron chi connectivity index (χ1n) is 4.16. The molecule has 0 saturated carbocycles. The van der Waals surface area contributed by atoms with Crippen LogP contribution >= 0.6 is 0 Å². The van der Waals surface area contributed by atoms with Gasteiger partial charge in [-0.25, -0.2) is 4.79 Å². The zero-order chi connectivity index (χ0) is 11.5. The molecule has 0 aliphatic carbocycles. The van der Waals surface area contributed by atoms with E-state index in [0.717, 1.165) is 0 Å². The lowest BCUT2D eigenvalue weighted by Crippen LogP contribution is -2.49. The quantitative estimate of drug-likeness (QED) is 0.451. The molecule has 0 fully saturated rings. The highest BCUT2D eigenvalue weighted by atomic mass is 16.5. The Morgan fingerprint density at radius 3 is 1.93 bits per heavy atom. The first-order chi connectivity index (χ1) is 6.25. The summed E-state index contributed by atoms with van der Waals surface area (Å²) in [5.74, 6) is -8.46. The third-order valence-corrected chi connectivity index (χ3v) is 2.26. The van der Waals surface area contributed by atoms with E-state index in [4.69, 9.17) is 20.4 Å². The van der Waals surface area contributed by atoms with Crippen LogP contribution in [-0.2, 0) is 9.59 Å². The summed E-state index contributed by atoms with van der Waals surface area (Å²) in [6, 6.07) is 0. The number of aliphatic carboxylic acids is 2. The molecule has 0 radical (unpaired) electrons. The standard InChI is InChI=1S/C8H14O6/c1-3-5(4(2)6(9)10)8(13,14)7(11)12/h4-5,13-14H,3H2,1-2H3,(H,9,10)(H,11,12). The van der Waals surface area contributed by atoms with Crippen LogP contribution in [-0.4, -0.2) is 38.2 Å². The van der Waals surface area contributed by atoms with Crippen molar-refractivity contribution in [3.05, 3.63) is 0 Å². The monoisotopic (exact) mass is 206 g/mol. The fourth-order valence-corrected chi connectivity index (χ4v) is 1.32. The van der Waals surface area contributed by atoms with Gasteiger partial charge in [-0.1, -0.05) is 13.8 Å². The summed E-state index contributed by atoms with van der Waals surface area (Å²) < 4.78 is 0. The van der Waals surface area contributed by atoms with Gasteiger partial charge in [0.1, 0.15) is 0 Å².